The zero-order valence-electron chi connectivity index (χ0n) is 12.1. The standard InChI is InChI=1S/C16H20N2OS.ClH/c1-16(7-4-8-17-10-16)11-18-15(19)14-9-12-5-2-3-6-13(12)20-14;/h2-3,5-6,9,17H,4,7-8,10-11H2,1H3,(H,18,19);1H. The molecule has 2 heterocycles. The van der Waals surface area contributed by atoms with Crippen molar-refractivity contribution in [2.24, 2.45) is 5.41 Å². The second kappa shape index (κ2) is 6.77. The van der Waals surface area contributed by atoms with Crippen molar-refractivity contribution in [2.45, 2.75) is 19.8 Å². The lowest BCUT2D eigenvalue weighted by Gasteiger charge is -2.34. The number of hydrogen-bond donors (Lipinski definition) is 2. The average Bonchev–Trinajstić information content (AvgIpc) is 2.89. The van der Waals surface area contributed by atoms with E-state index in [9.17, 15) is 4.79 Å². The minimum absolute atomic E-state index is 0. The highest BCUT2D eigenvalue weighted by Gasteiger charge is 2.27. The molecule has 2 N–H and O–H groups in total. The zero-order valence-corrected chi connectivity index (χ0v) is 13.8. The molecule has 1 aromatic carbocycles. The number of nitrogens with one attached hydrogen (secondary N) is 2. The van der Waals surface area contributed by atoms with Gasteiger partial charge in [-0.3, -0.25) is 4.79 Å². The van der Waals surface area contributed by atoms with Crippen molar-refractivity contribution >= 4 is 39.7 Å². The number of carbonyl (C=O) groups is 1. The SMILES string of the molecule is CC1(CNC(=O)c2cc3ccccc3s2)CCCNC1.Cl. The van der Waals surface area contributed by atoms with Gasteiger partial charge >= 0.3 is 0 Å². The van der Waals surface area contributed by atoms with E-state index in [0.717, 1.165) is 29.9 Å². The Hall–Kier alpha value is -1.10. The molecule has 1 aromatic heterocycles. The highest BCUT2D eigenvalue weighted by Crippen LogP contribution is 2.27. The van der Waals surface area contributed by atoms with Gasteiger partial charge in [0.25, 0.3) is 5.91 Å². The van der Waals surface area contributed by atoms with Crippen molar-refractivity contribution in [3.8, 4) is 0 Å². The van der Waals surface area contributed by atoms with Gasteiger partial charge in [-0.15, -0.1) is 23.7 Å². The lowest BCUT2D eigenvalue weighted by atomic mass is 9.83. The summed E-state index contributed by atoms with van der Waals surface area (Å²) in [5.41, 5.74) is 0.185. The number of benzene rings is 1. The molecule has 2 aromatic rings. The monoisotopic (exact) mass is 324 g/mol. The van der Waals surface area contributed by atoms with Gasteiger partial charge < -0.3 is 10.6 Å². The molecule has 1 atom stereocenters. The molecule has 114 valence electrons. The Kier molecular flexibility index (Phi) is 5.25. The number of hydrogen-bond acceptors (Lipinski definition) is 3. The van der Waals surface area contributed by atoms with Crippen LogP contribution in [0, 0.1) is 5.41 Å². The van der Waals surface area contributed by atoms with Crippen LogP contribution in [-0.2, 0) is 0 Å². The summed E-state index contributed by atoms with van der Waals surface area (Å²) in [5.74, 6) is 0.0537. The smallest absolute Gasteiger partial charge is 0.261 e. The first-order chi connectivity index (χ1) is 9.66. The molecule has 1 aliphatic rings. The first-order valence-corrected chi connectivity index (χ1v) is 7.95. The third-order valence-electron chi connectivity index (χ3n) is 4.01. The van der Waals surface area contributed by atoms with Gasteiger partial charge in [0, 0.05) is 17.8 Å². The van der Waals surface area contributed by atoms with Crippen molar-refractivity contribution < 1.29 is 4.79 Å². The Morgan fingerprint density at radius 1 is 1.43 bits per heavy atom. The van der Waals surface area contributed by atoms with Gasteiger partial charge in [0.1, 0.15) is 0 Å². The molecule has 0 bridgehead atoms. The average molecular weight is 325 g/mol. The van der Waals surface area contributed by atoms with Crippen LogP contribution in [0.4, 0.5) is 0 Å². The van der Waals surface area contributed by atoms with E-state index in [4.69, 9.17) is 0 Å². The number of carbonyl (C=O) groups excluding carboxylic acids is 1. The maximum atomic E-state index is 12.3. The van der Waals surface area contributed by atoms with E-state index in [1.54, 1.807) is 11.3 Å². The third-order valence-corrected chi connectivity index (χ3v) is 5.13. The summed E-state index contributed by atoms with van der Waals surface area (Å²) in [5, 5.41) is 7.66. The van der Waals surface area contributed by atoms with Gasteiger partial charge in [-0.25, -0.2) is 0 Å². The molecular formula is C16H21ClN2OS. The maximum Gasteiger partial charge on any atom is 0.261 e. The number of thiophene rings is 1. The van der Waals surface area contributed by atoms with Crippen molar-refractivity contribution in [3.63, 3.8) is 0 Å². The predicted octanol–water partition coefficient (Wildman–Crippen LogP) is 3.44. The quantitative estimate of drug-likeness (QED) is 0.908. The predicted molar refractivity (Wildman–Crippen MR) is 91.6 cm³/mol. The molecule has 21 heavy (non-hydrogen) atoms. The van der Waals surface area contributed by atoms with Gasteiger partial charge in [-0.1, -0.05) is 25.1 Å². The highest BCUT2D eigenvalue weighted by molar-refractivity contribution is 7.20. The summed E-state index contributed by atoms with van der Waals surface area (Å²) in [7, 11) is 0. The van der Waals surface area contributed by atoms with E-state index in [2.05, 4.69) is 29.7 Å². The van der Waals surface area contributed by atoms with Crippen LogP contribution in [0.15, 0.2) is 30.3 Å². The highest BCUT2D eigenvalue weighted by atomic mass is 35.5. The van der Waals surface area contributed by atoms with Gasteiger partial charge in [0.15, 0.2) is 0 Å². The number of piperidine rings is 1. The zero-order chi connectivity index (χ0) is 14.0. The molecule has 0 radical (unpaired) electrons. The summed E-state index contributed by atoms with van der Waals surface area (Å²) in [6, 6.07) is 10.1. The van der Waals surface area contributed by atoms with E-state index >= 15 is 0 Å². The fourth-order valence-electron chi connectivity index (χ4n) is 2.74. The molecular weight excluding hydrogens is 304 g/mol. The maximum absolute atomic E-state index is 12.3. The van der Waals surface area contributed by atoms with E-state index in [0.29, 0.717) is 0 Å². The van der Waals surface area contributed by atoms with Crippen LogP contribution in [0.25, 0.3) is 10.1 Å². The number of fused-ring (bicyclic) bond motifs is 1. The second-order valence-corrected chi connectivity index (χ2v) is 7.01. The molecule has 0 saturated carbocycles. The summed E-state index contributed by atoms with van der Waals surface area (Å²) in [6.45, 7) is 5.07. The molecule has 1 unspecified atom stereocenters. The minimum atomic E-state index is 0. The van der Waals surface area contributed by atoms with Crippen LogP contribution in [0.2, 0.25) is 0 Å². The van der Waals surface area contributed by atoms with Crippen molar-refractivity contribution in [1.82, 2.24) is 10.6 Å². The van der Waals surface area contributed by atoms with Crippen molar-refractivity contribution in [3.05, 3.63) is 35.2 Å². The van der Waals surface area contributed by atoms with Crippen LogP contribution >= 0.6 is 23.7 Å². The molecule has 1 fully saturated rings. The van der Waals surface area contributed by atoms with Crippen molar-refractivity contribution in [1.29, 1.82) is 0 Å². The molecule has 0 aliphatic carbocycles. The van der Waals surface area contributed by atoms with E-state index in [-0.39, 0.29) is 23.7 Å². The number of rotatable bonds is 3. The van der Waals surface area contributed by atoms with Crippen LogP contribution in [0.5, 0.6) is 0 Å². The topological polar surface area (TPSA) is 41.1 Å². The summed E-state index contributed by atoms with van der Waals surface area (Å²) in [6.07, 6.45) is 2.36. The Bertz CT molecular complexity index is 587. The van der Waals surface area contributed by atoms with Gasteiger partial charge in [-0.2, -0.15) is 0 Å². The largest absolute Gasteiger partial charge is 0.351 e. The molecule has 3 rings (SSSR count). The van der Waals surface area contributed by atoms with Crippen LogP contribution < -0.4 is 10.6 Å². The van der Waals surface area contributed by atoms with Gasteiger partial charge in [0.05, 0.1) is 4.88 Å². The van der Waals surface area contributed by atoms with Gasteiger partial charge in [-0.05, 0) is 42.3 Å². The summed E-state index contributed by atoms with van der Waals surface area (Å²) >= 11 is 1.56. The molecule has 1 amide bonds. The molecule has 3 nitrogen and oxygen atoms in total. The lowest BCUT2D eigenvalue weighted by molar-refractivity contribution is 0.0929. The molecule has 5 heteroatoms. The van der Waals surface area contributed by atoms with Crippen LogP contribution in [0.3, 0.4) is 0 Å². The van der Waals surface area contributed by atoms with Crippen molar-refractivity contribution in [2.75, 3.05) is 19.6 Å². The Labute approximate surface area is 135 Å². The minimum Gasteiger partial charge on any atom is -0.351 e. The Morgan fingerprint density at radius 3 is 2.95 bits per heavy atom. The van der Waals surface area contributed by atoms with E-state index in [1.807, 2.05) is 18.2 Å². The van der Waals surface area contributed by atoms with E-state index < -0.39 is 0 Å². The second-order valence-electron chi connectivity index (χ2n) is 5.92. The normalized spacial score (nSPS) is 21.8. The Morgan fingerprint density at radius 2 is 2.24 bits per heavy atom. The molecule has 1 saturated heterocycles. The van der Waals surface area contributed by atoms with Crippen LogP contribution in [-0.4, -0.2) is 25.5 Å². The fourth-order valence-corrected chi connectivity index (χ4v) is 3.72. The van der Waals surface area contributed by atoms with E-state index in [1.165, 1.54) is 17.5 Å². The molecule has 1 aliphatic heterocycles. The first kappa shape index (κ1) is 16.3. The number of amides is 1. The first-order valence-electron chi connectivity index (χ1n) is 7.14. The molecule has 0 spiro atoms. The number of halogens is 1. The summed E-state index contributed by atoms with van der Waals surface area (Å²) in [4.78, 5) is 13.1. The lowest BCUT2D eigenvalue weighted by Crippen LogP contribution is -2.45. The van der Waals surface area contributed by atoms with Crippen LogP contribution in [0.1, 0.15) is 29.4 Å². The summed E-state index contributed by atoms with van der Waals surface area (Å²) < 4.78 is 1.17. The third kappa shape index (κ3) is 3.76. The Balaban J connectivity index is 0.00000161. The fraction of sp³-hybridized carbons (Fsp3) is 0.438. The van der Waals surface area contributed by atoms with Gasteiger partial charge in [0.2, 0.25) is 0 Å².